The summed E-state index contributed by atoms with van der Waals surface area (Å²) in [6.07, 6.45) is 0. The van der Waals surface area contributed by atoms with Gasteiger partial charge in [0.25, 0.3) is 13.4 Å². The summed E-state index contributed by atoms with van der Waals surface area (Å²) in [5.74, 6) is 0. The number of aryl methyl sites for hydroxylation is 4. The molecule has 18 rings (SSSR count). The monoisotopic (exact) mass is 979 g/mol. The van der Waals surface area contributed by atoms with E-state index in [1.807, 2.05) is 0 Å². The Morgan fingerprint density at radius 1 is 0.260 bits per heavy atom. The minimum absolute atomic E-state index is 0.00930. The maximum atomic E-state index is 2.67. The van der Waals surface area contributed by atoms with Gasteiger partial charge in [-0.25, -0.2) is 0 Å². The van der Waals surface area contributed by atoms with Gasteiger partial charge in [-0.2, -0.15) is 0 Å². The van der Waals surface area contributed by atoms with Gasteiger partial charge in [0, 0.05) is 88.8 Å². The van der Waals surface area contributed by atoms with Gasteiger partial charge in [-0.1, -0.05) is 138 Å². The Balaban J connectivity index is 0.985. The number of hydrogen-bond donors (Lipinski definition) is 0. The summed E-state index contributed by atoms with van der Waals surface area (Å²) in [6.45, 7) is 8.95. The van der Waals surface area contributed by atoms with Gasteiger partial charge in [0.15, 0.2) is 0 Å². The third kappa shape index (κ3) is 5.31. The lowest BCUT2D eigenvalue weighted by molar-refractivity contribution is 1.13. The summed E-state index contributed by atoms with van der Waals surface area (Å²) in [6, 6.07) is 81.5. The van der Waals surface area contributed by atoms with Crippen LogP contribution in [0.3, 0.4) is 0 Å². The third-order valence-corrected chi connectivity index (χ3v) is 18.0. The summed E-state index contributed by atoms with van der Waals surface area (Å²) < 4.78 is 7.82. The average molecular weight is 980 g/mol. The number of rotatable bonds is 3. The van der Waals surface area contributed by atoms with Crippen molar-refractivity contribution in [1.82, 2.24) is 13.7 Å². The fourth-order valence-electron chi connectivity index (χ4n) is 14.9. The maximum absolute atomic E-state index is 2.67. The van der Waals surface area contributed by atoms with Crippen molar-refractivity contribution in [3.63, 3.8) is 0 Å². The first kappa shape index (κ1) is 41.8. The number of para-hydroxylation sites is 4. The highest BCUT2D eigenvalue weighted by molar-refractivity contribution is 7.01. The molecule has 0 N–H and O–H groups in total. The van der Waals surface area contributed by atoms with Crippen LogP contribution in [0.4, 0.5) is 34.1 Å². The molecule has 0 radical (unpaired) electrons. The quantitative estimate of drug-likeness (QED) is 0.165. The number of benzene rings is 11. The Hall–Kier alpha value is -9.45. The van der Waals surface area contributed by atoms with E-state index in [9.17, 15) is 0 Å². The molecule has 11 aromatic carbocycles. The molecule has 0 amide bonds. The number of nitrogens with zero attached hydrogens (tertiary/aromatic N) is 5. The smallest absolute Gasteiger partial charge is 0.252 e. The van der Waals surface area contributed by atoms with Crippen molar-refractivity contribution in [2.75, 3.05) is 9.80 Å². The molecule has 0 atom stereocenters. The Labute approximate surface area is 446 Å². The van der Waals surface area contributed by atoms with Crippen LogP contribution >= 0.6 is 0 Å². The van der Waals surface area contributed by atoms with E-state index in [-0.39, 0.29) is 13.4 Å². The van der Waals surface area contributed by atoms with Gasteiger partial charge in [0.2, 0.25) is 0 Å². The van der Waals surface area contributed by atoms with Gasteiger partial charge in [0.1, 0.15) is 0 Å². The normalized spacial score (nSPS) is 13.6. The second-order valence-electron chi connectivity index (χ2n) is 22.4. The summed E-state index contributed by atoms with van der Waals surface area (Å²) in [7, 11) is 0. The molecule has 0 saturated carbocycles. The third-order valence-electron chi connectivity index (χ3n) is 18.0. The average Bonchev–Trinajstić information content (AvgIpc) is 4.03. The maximum Gasteiger partial charge on any atom is 0.252 e. The molecule has 4 aliphatic heterocycles. The minimum atomic E-state index is 0.00930. The molecule has 0 unspecified atom stereocenters. The highest BCUT2D eigenvalue weighted by Gasteiger charge is 2.45. The topological polar surface area (TPSA) is 21.3 Å². The van der Waals surface area contributed by atoms with E-state index in [2.05, 4.69) is 264 Å². The van der Waals surface area contributed by atoms with Gasteiger partial charge in [0.05, 0.1) is 27.8 Å². The van der Waals surface area contributed by atoms with Crippen molar-refractivity contribution in [3.8, 4) is 17.1 Å². The van der Waals surface area contributed by atoms with Crippen molar-refractivity contribution in [3.05, 3.63) is 235 Å². The van der Waals surface area contributed by atoms with Crippen LogP contribution in [-0.2, 0) is 0 Å². The first-order valence-corrected chi connectivity index (χ1v) is 27.2. The Bertz CT molecular complexity index is 4940. The number of fused-ring (bicyclic) bond motifs is 17. The lowest BCUT2D eigenvalue weighted by Gasteiger charge is -2.41. The molecule has 7 heterocycles. The van der Waals surface area contributed by atoms with Gasteiger partial charge in [-0.15, -0.1) is 0 Å². The molecule has 0 bridgehead atoms. The fourth-order valence-corrected chi connectivity index (χ4v) is 14.9. The summed E-state index contributed by atoms with van der Waals surface area (Å²) in [4.78, 5) is 5.04. The van der Waals surface area contributed by atoms with E-state index < -0.39 is 0 Å². The van der Waals surface area contributed by atoms with E-state index in [0.717, 1.165) is 11.4 Å². The number of aromatic nitrogens is 3. The number of hydrogen-bond acceptors (Lipinski definition) is 2. The van der Waals surface area contributed by atoms with E-state index in [1.165, 1.54) is 160 Å². The summed E-state index contributed by atoms with van der Waals surface area (Å²) >= 11 is 0. The Morgan fingerprint density at radius 3 is 1.47 bits per heavy atom. The van der Waals surface area contributed by atoms with Crippen LogP contribution in [-0.4, -0.2) is 27.1 Å². The molecule has 4 aliphatic rings. The van der Waals surface area contributed by atoms with Crippen LogP contribution in [0.5, 0.6) is 0 Å². The Kier molecular flexibility index (Phi) is 7.98. The predicted octanol–water partition coefficient (Wildman–Crippen LogP) is 13.4. The van der Waals surface area contributed by atoms with Crippen molar-refractivity contribution in [1.29, 1.82) is 0 Å². The minimum Gasteiger partial charge on any atom is -0.311 e. The lowest BCUT2D eigenvalue weighted by atomic mass is 9.33. The molecular weight excluding hydrogens is 932 g/mol. The first-order chi connectivity index (χ1) is 37.9. The highest BCUT2D eigenvalue weighted by Crippen LogP contribution is 2.47. The van der Waals surface area contributed by atoms with Gasteiger partial charge >= 0.3 is 0 Å². The summed E-state index contributed by atoms with van der Waals surface area (Å²) in [5.41, 5.74) is 31.4. The van der Waals surface area contributed by atoms with Crippen molar-refractivity contribution >= 4 is 146 Å². The zero-order valence-corrected chi connectivity index (χ0v) is 43.1. The van der Waals surface area contributed by atoms with E-state index >= 15 is 0 Å². The fraction of sp³-hybridized carbons (Fsp3) is 0.0571. The molecule has 0 fully saturated rings. The van der Waals surface area contributed by atoms with Gasteiger partial charge in [-0.05, 0) is 158 Å². The predicted molar refractivity (Wildman–Crippen MR) is 327 cm³/mol. The van der Waals surface area contributed by atoms with Crippen LogP contribution in [0.15, 0.2) is 212 Å². The van der Waals surface area contributed by atoms with Crippen LogP contribution in [0, 0.1) is 27.7 Å². The molecule has 77 heavy (non-hydrogen) atoms. The largest absolute Gasteiger partial charge is 0.311 e. The molecule has 3 aromatic heterocycles. The van der Waals surface area contributed by atoms with Crippen molar-refractivity contribution in [2.24, 2.45) is 0 Å². The SMILES string of the molecule is Cc1ccc(N2c3ccc(C)cc3B3c4c2cc(-n2c5ccc(C)cc5c5cc(C)ccc52)cc4-n2c4cc5c(cc4c4cccc3c42)c2cccc3c2n5-c2cccc4c2B3c2ccccc2N4c2ccccc2)cc1. The van der Waals surface area contributed by atoms with Crippen molar-refractivity contribution < 1.29 is 0 Å². The zero-order valence-electron chi connectivity index (χ0n) is 43.1. The van der Waals surface area contributed by atoms with Crippen LogP contribution < -0.4 is 42.6 Å². The van der Waals surface area contributed by atoms with Crippen LogP contribution in [0.25, 0.3) is 82.5 Å². The zero-order chi connectivity index (χ0) is 50.7. The van der Waals surface area contributed by atoms with Gasteiger partial charge < -0.3 is 23.5 Å². The molecule has 7 heteroatoms. The molecule has 14 aromatic rings. The molecule has 0 aliphatic carbocycles. The summed E-state index contributed by atoms with van der Waals surface area (Å²) in [5, 5.41) is 7.68. The van der Waals surface area contributed by atoms with E-state index in [4.69, 9.17) is 0 Å². The van der Waals surface area contributed by atoms with Crippen LogP contribution in [0.2, 0.25) is 0 Å². The molecular formula is C70H47B2N5. The second kappa shape index (κ2) is 14.7. The van der Waals surface area contributed by atoms with Crippen molar-refractivity contribution in [2.45, 2.75) is 27.7 Å². The standard InChI is InChI=1S/C70H47B2N5/c1-40-23-28-45(29-24-40)74-60-32-27-43(4)35-56(60)72-55-19-11-16-48-52-38-51-47-15-10-18-54-69(47)76(62-22-12-21-61-67(62)71(54)53-17-8-9-20-59(53)73(61)44-13-6-5-7-14-44)63(51)39-64(52)77(70(48)55)66-37-46(36-65(74)68(66)72)75-57-30-25-41(2)33-49(57)50-34-42(3)26-31-58(50)75/h5-39H,1-4H3. The molecule has 358 valence electrons. The first-order valence-electron chi connectivity index (χ1n) is 27.2. The lowest BCUT2D eigenvalue weighted by Crippen LogP contribution is -2.60. The molecule has 0 saturated heterocycles. The Morgan fingerprint density at radius 2 is 0.753 bits per heavy atom. The van der Waals surface area contributed by atoms with Gasteiger partial charge in [-0.3, -0.25) is 0 Å². The van der Waals surface area contributed by atoms with E-state index in [1.54, 1.807) is 0 Å². The second-order valence-corrected chi connectivity index (χ2v) is 22.4. The molecule has 0 spiro atoms. The number of anilines is 6. The molecule has 5 nitrogen and oxygen atoms in total. The van der Waals surface area contributed by atoms with Crippen LogP contribution in [0.1, 0.15) is 22.3 Å². The highest BCUT2D eigenvalue weighted by atomic mass is 15.2. The van der Waals surface area contributed by atoms with E-state index in [0.29, 0.717) is 0 Å².